The van der Waals surface area contributed by atoms with Gasteiger partial charge in [0.2, 0.25) is 0 Å². The Morgan fingerprint density at radius 1 is 1.00 bits per heavy atom. The van der Waals surface area contributed by atoms with Gasteiger partial charge in [-0.15, -0.1) is 15.3 Å². The van der Waals surface area contributed by atoms with Crippen molar-refractivity contribution in [2.75, 3.05) is 11.9 Å². The van der Waals surface area contributed by atoms with Crippen molar-refractivity contribution in [1.29, 1.82) is 0 Å². The second-order valence-electron chi connectivity index (χ2n) is 5.91. The molecule has 26 heavy (non-hydrogen) atoms. The third-order valence-corrected chi connectivity index (χ3v) is 4.89. The van der Waals surface area contributed by atoms with Crippen molar-refractivity contribution in [3.05, 3.63) is 76.5 Å². The predicted octanol–water partition coefficient (Wildman–Crippen LogP) is 4.33. The van der Waals surface area contributed by atoms with Crippen molar-refractivity contribution < 1.29 is 4.39 Å². The molecule has 130 valence electrons. The van der Waals surface area contributed by atoms with Crippen LogP contribution in [0.1, 0.15) is 5.56 Å². The summed E-state index contributed by atoms with van der Waals surface area (Å²) >= 11 is 3.57. The summed E-state index contributed by atoms with van der Waals surface area (Å²) < 4.78 is 16.8. The molecule has 0 aliphatic carbocycles. The summed E-state index contributed by atoms with van der Waals surface area (Å²) in [5.74, 6) is 0.774. The Labute approximate surface area is 158 Å². The Morgan fingerprint density at radius 2 is 1.77 bits per heavy atom. The molecule has 0 bridgehead atoms. The van der Waals surface area contributed by atoms with Gasteiger partial charge >= 0.3 is 0 Å². The maximum Gasteiger partial charge on any atom is 0.188 e. The summed E-state index contributed by atoms with van der Waals surface area (Å²) in [6.07, 6.45) is 0. The largest absolute Gasteiger partial charge is 0.354 e. The van der Waals surface area contributed by atoms with E-state index >= 15 is 0 Å². The van der Waals surface area contributed by atoms with Gasteiger partial charge in [0.1, 0.15) is 11.6 Å². The van der Waals surface area contributed by atoms with Crippen LogP contribution in [0.15, 0.2) is 65.1 Å². The lowest BCUT2D eigenvalue weighted by Crippen LogP contribution is -2.19. The molecule has 0 saturated carbocycles. The molecule has 0 atom stereocenters. The van der Waals surface area contributed by atoms with Crippen LogP contribution >= 0.6 is 15.9 Å². The van der Waals surface area contributed by atoms with Crippen molar-refractivity contribution >= 4 is 27.4 Å². The first-order valence-corrected chi connectivity index (χ1v) is 8.84. The molecule has 0 spiro atoms. The van der Waals surface area contributed by atoms with Crippen LogP contribution in [0, 0.1) is 5.82 Å². The first kappa shape index (κ1) is 16.7. The van der Waals surface area contributed by atoms with E-state index in [9.17, 15) is 4.39 Å². The van der Waals surface area contributed by atoms with Crippen LogP contribution in [0.2, 0.25) is 0 Å². The molecule has 0 radical (unpaired) electrons. The molecular formula is C19H15BrFN5. The van der Waals surface area contributed by atoms with Crippen LogP contribution in [-0.4, -0.2) is 26.9 Å². The Morgan fingerprint density at radius 3 is 2.58 bits per heavy atom. The fraction of sp³-hybridized carbons (Fsp3) is 0.105. The quantitative estimate of drug-likeness (QED) is 0.501. The zero-order valence-electron chi connectivity index (χ0n) is 14.0. The van der Waals surface area contributed by atoms with E-state index in [1.165, 1.54) is 6.07 Å². The highest BCUT2D eigenvalue weighted by molar-refractivity contribution is 9.10. The van der Waals surface area contributed by atoms with Crippen molar-refractivity contribution in [1.82, 2.24) is 19.8 Å². The van der Waals surface area contributed by atoms with Crippen LogP contribution in [0.3, 0.4) is 0 Å². The van der Waals surface area contributed by atoms with Gasteiger partial charge in [-0.2, -0.15) is 4.52 Å². The fourth-order valence-corrected chi connectivity index (χ4v) is 3.17. The fourth-order valence-electron chi connectivity index (χ4n) is 2.76. The number of hydrogen-bond donors (Lipinski definition) is 0. The van der Waals surface area contributed by atoms with E-state index < -0.39 is 0 Å². The Balaban J connectivity index is 1.72. The average Bonchev–Trinajstić information content (AvgIpc) is 3.07. The van der Waals surface area contributed by atoms with E-state index in [2.05, 4.69) is 37.3 Å². The lowest BCUT2D eigenvalue weighted by Gasteiger charge is -2.19. The molecule has 0 aliphatic heterocycles. The van der Waals surface area contributed by atoms with E-state index in [-0.39, 0.29) is 5.82 Å². The Hall–Kier alpha value is -2.80. The molecule has 4 aromatic rings. The van der Waals surface area contributed by atoms with Crippen LogP contribution in [-0.2, 0) is 6.54 Å². The molecule has 0 aliphatic rings. The van der Waals surface area contributed by atoms with E-state index in [1.807, 2.05) is 42.3 Å². The van der Waals surface area contributed by atoms with Gasteiger partial charge in [0, 0.05) is 18.1 Å². The highest BCUT2D eigenvalue weighted by atomic mass is 79.9. The van der Waals surface area contributed by atoms with Crippen LogP contribution in [0.4, 0.5) is 10.2 Å². The smallest absolute Gasteiger partial charge is 0.188 e. The standard InChI is InChI=1S/C19H15BrFN5/c1-25(12-13-6-2-4-8-15(13)20)18-11-10-17-22-23-19(26(17)24-18)14-7-3-5-9-16(14)21/h2-11H,12H2,1H3. The number of fused-ring (bicyclic) bond motifs is 1. The SMILES string of the molecule is CN(Cc1ccccc1Br)c1ccc2nnc(-c3ccccc3F)n2n1. The molecule has 0 saturated heterocycles. The molecule has 2 aromatic carbocycles. The Bertz CT molecular complexity index is 1080. The Kier molecular flexibility index (Phi) is 4.38. The minimum atomic E-state index is -0.351. The lowest BCUT2D eigenvalue weighted by atomic mass is 10.2. The number of aromatic nitrogens is 4. The number of anilines is 1. The number of benzene rings is 2. The molecule has 0 amide bonds. The minimum Gasteiger partial charge on any atom is -0.354 e. The zero-order valence-corrected chi connectivity index (χ0v) is 15.6. The van der Waals surface area contributed by atoms with Gasteiger partial charge in [0.15, 0.2) is 11.5 Å². The van der Waals surface area contributed by atoms with Gasteiger partial charge in [-0.05, 0) is 35.9 Å². The van der Waals surface area contributed by atoms with Gasteiger partial charge in [-0.25, -0.2) is 4.39 Å². The normalized spacial score (nSPS) is 11.0. The molecule has 0 N–H and O–H groups in total. The number of rotatable bonds is 4. The molecule has 7 heteroatoms. The summed E-state index contributed by atoms with van der Waals surface area (Å²) in [4.78, 5) is 2.02. The monoisotopic (exact) mass is 411 g/mol. The number of hydrogen-bond acceptors (Lipinski definition) is 4. The first-order chi connectivity index (χ1) is 12.6. The predicted molar refractivity (Wildman–Crippen MR) is 102 cm³/mol. The van der Waals surface area contributed by atoms with Gasteiger partial charge in [-0.1, -0.05) is 46.3 Å². The second kappa shape index (κ2) is 6.84. The molecule has 5 nitrogen and oxygen atoms in total. The van der Waals surface area contributed by atoms with Gasteiger partial charge < -0.3 is 4.90 Å². The summed E-state index contributed by atoms with van der Waals surface area (Å²) in [6, 6.07) is 18.2. The second-order valence-corrected chi connectivity index (χ2v) is 6.77. The van der Waals surface area contributed by atoms with Crippen molar-refractivity contribution in [3.63, 3.8) is 0 Å². The first-order valence-electron chi connectivity index (χ1n) is 8.05. The van der Waals surface area contributed by atoms with Crippen LogP contribution < -0.4 is 4.90 Å². The average molecular weight is 412 g/mol. The van der Waals surface area contributed by atoms with Gasteiger partial charge in [0.05, 0.1) is 5.56 Å². The van der Waals surface area contributed by atoms with Crippen molar-refractivity contribution in [2.24, 2.45) is 0 Å². The molecule has 2 heterocycles. The number of nitrogens with zero attached hydrogens (tertiary/aromatic N) is 5. The zero-order chi connectivity index (χ0) is 18.1. The summed E-state index contributed by atoms with van der Waals surface area (Å²) in [7, 11) is 1.96. The third-order valence-electron chi connectivity index (χ3n) is 4.12. The van der Waals surface area contributed by atoms with Crippen LogP contribution in [0.25, 0.3) is 17.0 Å². The minimum absolute atomic E-state index is 0.351. The molecule has 2 aromatic heterocycles. The van der Waals surface area contributed by atoms with E-state index in [4.69, 9.17) is 0 Å². The summed E-state index contributed by atoms with van der Waals surface area (Å²) in [5, 5.41) is 12.8. The van der Waals surface area contributed by atoms with E-state index in [0.717, 1.165) is 15.9 Å². The molecule has 0 fully saturated rings. The lowest BCUT2D eigenvalue weighted by molar-refractivity contribution is 0.629. The van der Waals surface area contributed by atoms with Gasteiger partial charge in [0.25, 0.3) is 0 Å². The maximum absolute atomic E-state index is 14.1. The molecular weight excluding hydrogens is 397 g/mol. The summed E-state index contributed by atoms with van der Waals surface area (Å²) in [6.45, 7) is 0.678. The van der Waals surface area contributed by atoms with E-state index in [1.54, 1.807) is 22.7 Å². The van der Waals surface area contributed by atoms with Crippen molar-refractivity contribution in [2.45, 2.75) is 6.54 Å². The third kappa shape index (κ3) is 3.06. The topological polar surface area (TPSA) is 46.3 Å². The maximum atomic E-state index is 14.1. The van der Waals surface area contributed by atoms with Crippen LogP contribution in [0.5, 0.6) is 0 Å². The van der Waals surface area contributed by atoms with Crippen molar-refractivity contribution in [3.8, 4) is 11.4 Å². The molecule has 0 unspecified atom stereocenters. The van der Waals surface area contributed by atoms with E-state index in [0.29, 0.717) is 23.6 Å². The molecule has 4 rings (SSSR count). The highest BCUT2D eigenvalue weighted by Gasteiger charge is 2.15. The van der Waals surface area contributed by atoms with Gasteiger partial charge in [-0.3, -0.25) is 0 Å². The highest BCUT2D eigenvalue weighted by Crippen LogP contribution is 2.23. The number of halogens is 2. The summed E-state index contributed by atoms with van der Waals surface area (Å²) in [5.41, 5.74) is 2.09.